The zero-order valence-corrected chi connectivity index (χ0v) is 16.0. The number of hydrogen-bond acceptors (Lipinski definition) is 1. The Morgan fingerprint density at radius 1 is 0.632 bits per heavy atom. The van der Waals surface area contributed by atoms with E-state index in [1.807, 2.05) is 12.1 Å². The molecule has 0 amide bonds. The van der Waals surface area contributed by atoms with E-state index in [0.29, 0.717) is 20.1 Å². The van der Waals surface area contributed by atoms with E-state index < -0.39 is 0 Å². The Balaban J connectivity index is 2.42. The second-order valence-corrected chi connectivity index (χ2v) is 7.92. The van der Waals surface area contributed by atoms with E-state index in [1.54, 1.807) is 12.1 Å². The lowest BCUT2D eigenvalue weighted by Crippen LogP contribution is -1.81. The fourth-order valence-electron chi connectivity index (χ4n) is 1.28. The quantitative estimate of drug-likeness (QED) is 0.392. The zero-order chi connectivity index (χ0) is 14.2. The van der Waals surface area contributed by atoms with Crippen molar-refractivity contribution in [2.45, 2.75) is 9.79 Å². The third-order valence-electron chi connectivity index (χ3n) is 2.17. The van der Waals surface area contributed by atoms with Crippen molar-refractivity contribution in [2.24, 2.45) is 0 Å². The van der Waals surface area contributed by atoms with E-state index in [2.05, 4.69) is 31.9 Å². The van der Waals surface area contributed by atoms with Crippen LogP contribution in [0.4, 0.5) is 0 Å². The van der Waals surface area contributed by atoms with Gasteiger partial charge in [-0.1, -0.05) is 58.2 Å². The van der Waals surface area contributed by atoms with Crippen LogP contribution < -0.4 is 0 Å². The predicted octanol–water partition coefficient (Wildman–Crippen LogP) is 7.98. The molecule has 0 radical (unpaired) electrons. The first kappa shape index (κ1) is 16.3. The average Bonchev–Trinajstić information content (AvgIpc) is 2.32. The maximum Gasteiger partial charge on any atom is 0.0563 e. The van der Waals surface area contributed by atoms with E-state index >= 15 is 0 Å². The summed E-state index contributed by atoms with van der Waals surface area (Å²) in [5, 5.41) is 2.27. The molecule has 0 aliphatic rings. The van der Waals surface area contributed by atoms with Crippen molar-refractivity contribution in [3.63, 3.8) is 0 Å². The van der Waals surface area contributed by atoms with Crippen LogP contribution in [-0.2, 0) is 0 Å². The van der Waals surface area contributed by atoms with Gasteiger partial charge in [-0.15, -0.1) is 0 Å². The largest absolute Gasteiger partial charge is 0.0869 e. The van der Waals surface area contributed by atoms with Crippen molar-refractivity contribution in [3.8, 4) is 0 Å². The number of hydrogen-bond donors (Lipinski definition) is 0. The molecule has 0 saturated carbocycles. The standard InChI is InChI=1S/C12H4Br2Cl4S/c13-5-1-11(9(17)3-7(5)15)19-12-2-6(14)8(16)4-10(12)18/h1-4H. The minimum absolute atomic E-state index is 0.567. The normalized spacial score (nSPS) is 10.8. The van der Waals surface area contributed by atoms with E-state index in [4.69, 9.17) is 46.4 Å². The molecule has 0 atom stereocenters. The van der Waals surface area contributed by atoms with Gasteiger partial charge >= 0.3 is 0 Å². The van der Waals surface area contributed by atoms with Crippen molar-refractivity contribution < 1.29 is 0 Å². The number of halogens is 6. The highest BCUT2D eigenvalue weighted by Gasteiger charge is 2.11. The van der Waals surface area contributed by atoms with Crippen molar-refractivity contribution in [1.29, 1.82) is 0 Å². The summed E-state index contributed by atoms with van der Waals surface area (Å²) < 4.78 is 1.57. The van der Waals surface area contributed by atoms with Crippen LogP contribution in [0.3, 0.4) is 0 Å². The minimum atomic E-state index is 0.567. The molecule has 0 heterocycles. The van der Waals surface area contributed by atoms with Crippen LogP contribution in [-0.4, -0.2) is 0 Å². The van der Waals surface area contributed by atoms with Crippen LogP contribution in [0.5, 0.6) is 0 Å². The Bertz CT molecular complexity index is 591. The SMILES string of the molecule is Clc1cc(Cl)c(Sc2cc(Br)c(Cl)cc2Cl)cc1Br. The van der Waals surface area contributed by atoms with Crippen LogP contribution in [0.15, 0.2) is 43.0 Å². The monoisotopic (exact) mass is 478 g/mol. The maximum absolute atomic E-state index is 6.17. The van der Waals surface area contributed by atoms with Gasteiger partial charge in [-0.05, 0) is 56.1 Å². The molecule has 2 aromatic carbocycles. The third-order valence-corrected chi connectivity index (χ3v) is 6.53. The van der Waals surface area contributed by atoms with E-state index in [9.17, 15) is 0 Å². The summed E-state index contributed by atoms with van der Waals surface area (Å²) in [4.78, 5) is 1.71. The molecule has 19 heavy (non-hydrogen) atoms. The second-order valence-electron chi connectivity index (χ2n) is 3.50. The Kier molecular flexibility index (Phi) is 5.81. The van der Waals surface area contributed by atoms with Gasteiger partial charge in [0, 0.05) is 18.7 Å². The number of benzene rings is 2. The summed E-state index contributed by atoms with van der Waals surface area (Å²) in [7, 11) is 0. The summed E-state index contributed by atoms with van der Waals surface area (Å²) in [6.45, 7) is 0. The maximum atomic E-state index is 6.17. The van der Waals surface area contributed by atoms with Gasteiger partial charge in [0.25, 0.3) is 0 Å². The van der Waals surface area contributed by atoms with Crippen LogP contribution in [0.1, 0.15) is 0 Å². The lowest BCUT2D eigenvalue weighted by Gasteiger charge is -2.09. The topological polar surface area (TPSA) is 0 Å². The van der Waals surface area contributed by atoms with Gasteiger partial charge in [0.05, 0.1) is 20.1 Å². The van der Waals surface area contributed by atoms with Gasteiger partial charge in [-0.3, -0.25) is 0 Å². The van der Waals surface area contributed by atoms with Crippen molar-refractivity contribution in [2.75, 3.05) is 0 Å². The first-order chi connectivity index (χ1) is 8.88. The molecule has 0 aliphatic carbocycles. The summed E-state index contributed by atoms with van der Waals surface area (Å²) in [6.07, 6.45) is 0. The minimum Gasteiger partial charge on any atom is -0.0869 e. The summed E-state index contributed by atoms with van der Waals surface area (Å²) in [5.74, 6) is 0. The van der Waals surface area contributed by atoms with Crippen LogP contribution in [0.2, 0.25) is 20.1 Å². The third kappa shape index (κ3) is 3.97. The van der Waals surface area contributed by atoms with E-state index in [0.717, 1.165) is 18.7 Å². The second kappa shape index (κ2) is 6.78. The smallest absolute Gasteiger partial charge is 0.0563 e. The Hall–Kier alpha value is 0.910. The molecule has 2 rings (SSSR count). The molecule has 0 fully saturated rings. The summed E-state index contributed by atoms with van der Waals surface area (Å²) in [6, 6.07) is 7.09. The molecule has 0 aliphatic heterocycles. The first-order valence-electron chi connectivity index (χ1n) is 4.85. The van der Waals surface area contributed by atoms with Crippen molar-refractivity contribution in [1.82, 2.24) is 0 Å². The molecule has 2 aromatic rings. The van der Waals surface area contributed by atoms with E-state index in [-0.39, 0.29) is 0 Å². The Morgan fingerprint density at radius 2 is 1.00 bits per heavy atom. The number of rotatable bonds is 2. The fourth-order valence-corrected chi connectivity index (χ4v) is 4.17. The molecule has 7 heteroatoms. The highest BCUT2D eigenvalue weighted by molar-refractivity contribution is 9.10. The Morgan fingerprint density at radius 3 is 1.37 bits per heavy atom. The van der Waals surface area contributed by atoms with Gasteiger partial charge in [0.15, 0.2) is 0 Å². The lowest BCUT2D eigenvalue weighted by molar-refractivity contribution is 1.38. The van der Waals surface area contributed by atoms with E-state index in [1.165, 1.54) is 11.8 Å². The highest BCUT2D eigenvalue weighted by atomic mass is 79.9. The van der Waals surface area contributed by atoms with Gasteiger partial charge < -0.3 is 0 Å². The highest BCUT2D eigenvalue weighted by Crippen LogP contribution is 2.42. The van der Waals surface area contributed by atoms with Gasteiger partial charge in [0.2, 0.25) is 0 Å². The molecule has 100 valence electrons. The molecular formula is C12H4Br2Cl4S. The van der Waals surface area contributed by atoms with Crippen LogP contribution in [0, 0.1) is 0 Å². The van der Waals surface area contributed by atoms with Gasteiger partial charge in [-0.2, -0.15) is 0 Å². The van der Waals surface area contributed by atoms with Gasteiger partial charge in [-0.25, -0.2) is 0 Å². The first-order valence-corrected chi connectivity index (χ1v) is 8.77. The van der Waals surface area contributed by atoms with Crippen LogP contribution >= 0.6 is 90.0 Å². The summed E-state index contributed by atoms with van der Waals surface area (Å²) in [5.41, 5.74) is 0. The molecule has 0 saturated heterocycles. The van der Waals surface area contributed by atoms with Crippen molar-refractivity contribution >= 4 is 90.0 Å². The van der Waals surface area contributed by atoms with Crippen molar-refractivity contribution in [3.05, 3.63) is 53.3 Å². The summed E-state index contributed by atoms with van der Waals surface area (Å²) >= 11 is 32.5. The zero-order valence-electron chi connectivity index (χ0n) is 8.99. The molecule has 0 N–H and O–H groups in total. The molecule has 0 unspecified atom stereocenters. The average molecular weight is 482 g/mol. The molecular weight excluding hydrogens is 478 g/mol. The molecule has 0 nitrogen and oxygen atoms in total. The Labute approximate surface area is 152 Å². The molecule has 0 aromatic heterocycles. The fraction of sp³-hybridized carbons (Fsp3) is 0. The predicted molar refractivity (Wildman–Crippen MR) is 92.4 cm³/mol. The van der Waals surface area contributed by atoms with Crippen LogP contribution in [0.25, 0.3) is 0 Å². The van der Waals surface area contributed by atoms with Gasteiger partial charge in [0.1, 0.15) is 0 Å². The molecule has 0 bridgehead atoms. The molecule has 0 spiro atoms. The lowest BCUT2D eigenvalue weighted by atomic mass is 10.3.